The van der Waals surface area contributed by atoms with Gasteiger partial charge in [0.2, 0.25) is 0 Å². The molecule has 0 aliphatic carbocycles. The van der Waals surface area contributed by atoms with Crippen molar-refractivity contribution < 1.29 is 0 Å². The molecule has 2 aromatic heterocycles. The highest BCUT2D eigenvalue weighted by molar-refractivity contribution is 7.13. The van der Waals surface area contributed by atoms with Crippen LogP contribution in [-0.4, -0.2) is 16.1 Å². The third-order valence-corrected chi connectivity index (χ3v) is 27.2. The molecule has 0 amide bonds. The summed E-state index contributed by atoms with van der Waals surface area (Å²) >= 11 is 3.43. The first-order valence-electron chi connectivity index (χ1n) is 24.4. The van der Waals surface area contributed by atoms with Gasteiger partial charge in [-0.15, -0.1) is 33.8 Å². The molecule has 0 fully saturated rings. The Morgan fingerprint density at radius 1 is 0.359 bits per heavy atom. The van der Waals surface area contributed by atoms with Crippen molar-refractivity contribution in [1.82, 2.24) is 0 Å². The summed E-state index contributed by atoms with van der Waals surface area (Å²) in [6, 6.07) is 17.0. The molecule has 1 aromatic carbocycles. The van der Waals surface area contributed by atoms with Crippen molar-refractivity contribution in [2.75, 3.05) is 0 Å². The fraction of sp³-hybridized carbons (Fsp3) is 0.500. The summed E-state index contributed by atoms with van der Waals surface area (Å²) < 4.78 is 0. The molecule has 0 aliphatic rings. The minimum Gasteiger partial charge on any atom is -0.124 e. The van der Waals surface area contributed by atoms with Gasteiger partial charge in [-0.05, 0) is 107 Å². The molecule has 0 bridgehead atoms. The van der Waals surface area contributed by atoms with Crippen molar-refractivity contribution in [3.8, 4) is 70.3 Å². The van der Waals surface area contributed by atoms with E-state index in [-0.39, 0.29) is 0 Å². The summed E-state index contributed by atoms with van der Waals surface area (Å²) in [6.45, 7) is 37.3. The van der Waals surface area contributed by atoms with Crippen LogP contribution in [0.3, 0.4) is 0 Å². The van der Waals surface area contributed by atoms with Gasteiger partial charge in [0.1, 0.15) is 16.1 Å². The third-order valence-electron chi connectivity index (χ3n) is 12.8. The van der Waals surface area contributed by atoms with Crippen LogP contribution >= 0.6 is 22.7 Å². The van der Waals surface area contributed by atoms with Crippen molar-refractivity contribution in [3.63, 3.8) is 0 Å². The van der Waals surface area contributed by atoms with E-state index in [9.17, 15) is 0 Å². The molecule has 338 valence electrons. The van der Waals surface area contributed by atoms with E-state index in [1.165, 1.54) is 0 Å². The molecule has 0 radical (unpaired) electrons. The lowest BCUT2D eigenvalue weighted by atomic mass is 9.99. The number of benzene rings is 1. The average molecular weight is 920 g/mol. The molecule has 0 nitrogen and oxygen atoms in total. The second kappa shape index (κ2) is 26.8. The van der Waals surface area contributed by atoms with E-state index in [1.807, 2.05) is 0 Å². The normalized spacial score (nSPS) is 12.2. The number of rotatable bonds is 14. The van der Waals surface area contributed by atoms with Crippen molar-refractivity contribution >= 4 is 38.8 Å². The lowest BCUT2D eigenvalue weighted by molar-refractivity contribution is 0.838. The Morgan fingerprint density at radius 3 is 0.828 bits per heavy atom. The van der Waals surface area contributed by atoms with Crippen molar-refractivity contribution in [1.29, 1.82) is 0 Å². The summed E-state index contributed by atoms with van der Waals surface area (Å²) in [7, 11) is -3.57. The van der Waals surface area contributed by atoms with Crippen LogP contribution in [-0.2, 0) is 0 Å². The predicted octanol–water partition coefficient (Wildman–Crippen LogP) is 17.5. The molecular formula is C60H78S2Si2. The fourth-order valence-corrected chi connectivity index (χ4v) is 21.6. The summed E-state index contributed by atoms with van der Waals surface area (Å²) in [6.07, 6.45) is 7.79. The van der Waals surface area contributed by atoms with Crippen LogP contribution in [0.1, 0.15) is 193 Å². The second-order valence-corrected chi connectivity index (χ2v) is 32.4. The minimum atomic E-state index is -1.78. The molecule has 0 saturated heterocycles. The Bertz CT molecular complexity index is 2220. The van der Waals surface area contributed by atoms with E-state index in [0.29, 0.717) is 33.2 Å². The van der Waals surface area contributed by atoms with Crippen LogP contribution < -0.4 is 0 Å². The van der Waals surface area contributed by atoms with Gasteiger partial charge >= 0.3 is 0 Å². The quantitative estimate of drug-likeness (QED) is 0.112. The number of allylic oxidation sites excluding steroid dienone is 4. The maximum atomic E-state index is 3.87. The number of hydrogen-bond acceptors (Lipinski definition) is 2. The zero-order chi connectivity index (χ0) is 47.5. The standard InChI is InChI=1S/C60H78S2Si2/c1-17-21-53(55(23-19-3)33-35-57-37-39-59(61-57)41-43-63(45(5)6,46(7)8)47(9)10)31-29-51-25-27-52(28-26-51)30-32-54(22-18-2)56(24-20-4)34-36-58-38-40-60(62-58)42-44-64(48(11)12,49(13)14)50(15)16/h25-28,37-40,45-50H,17-24H2,1-16H3/b55-53+,56-54+. The van der Waals surface area contributed by atoms with Gasteiger partial charge in [0.15, 0.2) is 0 Å². The van der Waals surface area contributed by atoms with Gasteiger partial charge in [0, 0.05) is 33.4 Å². The van der Waals surface area contributed by atoms with Crippen LogP contribution in [0.5, 0.6) is 0 Å². The van der Waals surface area contributed by atoms with E-state index in [1.54, 1.807) is 22.7 Å². The summed E-state index contributed by atoms with van der Waals surface area (Å²) in [5.41, 5.74) is 18.0. The molecule has 0 aliphatic heterocycles. The highest BCUT2D eigenvalue weighted by Crippen LogP contribution is 2.42. The highest BCUT2D eigenvalue weighted by atomic mass is 32.1. The summed E-state index contributed by atoms with van der Waals surface area (Å²) in [5.74, 6) is 35.4. The molecule has 64 heavy (non-hydrogen) atoms. The Kier molecular flexibility index (Phi) is 22.7. The first-order valence-corrected chi connectivity index (χ1v) is 30.5. The second-order valence-electron chi connectivity index (χ2n) is 19.1. The largest absolute Gasteiger partial charge is 0.146 e. The smallest absolute Gasteiger partial charge is 0.124 e. The van der Waals surface area contributed by atoms with E-state index >= 15 is 0 Å². The molecular weight excluding hydrogens is 841 g/mol. The van der Waals surface area contributed by atoms with Crippen molar-refractivity contribution in [2.45, 2.75) is 195 Å². The summed E-state index contributed by atoms with van der Waals surface area (Å²) in [5, 5.41) is 0. The van der Waals surface area contributed by atoms with Gasteiger partial charge < -0.3 is 0 Å². The number of thiophene rings is 2. The minimum absolute atomic E-state index is 0.617. The Hall–Kier alpha value is -4.11. The van der Waals surface area contributed by atoms with E-state index in [4.69, 9.17) is 0 Å². The van der Waals surface area contributed by atoms with Crippen LogP contribution in [0, 0.1) is 70.3 Å². The molecule has 2 heterocycles. The molecule has 3 rings (SSSR count). The maximum Gasteiger partial charge on any atom is 0.146 e. The Balaban J connectivity index is 1.90. The number of hydrogen-bond donors (Lipinski definition) is 0. The lowest BCUT2D eigenvalue weighted by Gasteiger charge is -2.38. The maximum absolute atomic E-state index is 3.87. The van der Waals surface area contributed by atoms with Gasteiger partial charge in [-0.2, -0.15) is 0 Å². The Labute approximate surface area is 403 Å². The van der Waals surface area contributed by atoms with Crippen LogP contribution in [0.4, 0.5) is 0 Å². The zero-order valence-electron chi connectivity index (χ0n) is 42.6. The van der Waals surface area contributed by atoms with Gasteiger partial charge in [-0.3, -0.25) is 0 Å². The van der Waals surface area contributed by atoms with E-state index < -0.39 is 16.1 Å². The molecule has 0 unspecified atom stereocenters. The van der Waals surface area contributed by atoms with E-state index in [2.05, 4.69) is 230 Å². The first kappa shape index (κ1) is 54.2. The molecule has 0 atom stereocenters. The van der Waals surface area contributed by atoms with Crippen molar-refractivity contribution in [2.24, 2.45) is 0 Å². The van der Waals surface area contributed by atoms with Gasteiger partial charge in [0.25, 0.3) is 0 Å². The third kappa shape index (κ3) is 15.0. The van der Waals surface area contributed by atoms with Gasteiger partial charge in [0.05, 0.1) is 19.5 Å². The molecule has 0 spiro atoms. The molecule has 4 heteroatoms. The van der Waals surface area contributed by atoms with E-state index in [0.717, 1.165) is 104 Å². The fourth-order valence-electron chi connectivity index (χ4n) is 9.51. The molecule has 0 saturated carbocycles. The van der Waals surface area contributed by atoms with Gasteiger partial charge in [-0.1, -0.05) is 196 Å². The van der Waals surface area contributed by atoms with Gasteiger partial charge in [-0.25, -0.2) is 0 Å². The SMILES string of the molecule is CCC/C(C#Cc1ccc(C#C/C(CCC)=C(/C#Cc2ccc(C#C[Si](C(C)C)(C(C)C)C(C)C)s2)CCC)cc1)=C(\C#Cc1ccc(C#C[Si](C(C)C)(C(C)C)C(C)C)s1)CCC. The van der Waals surface area contributed by atoms with Crippen molar-refractivity contribution in [3.05, 3.63) is 101 Å². The molecule has 3 aromatic rings. The van der Waals surface area contributed by atoms with Crippen LogP contribution in [0.15, 0.2) is 70.8 Å². The monoisotopic (exact) mass is 919 g/mol. The topological polar surface area (TPSA) is 0 Å². The zero-order valence-corrected chi connectivity index (χ0v) is 46.2. The van der Waals surface area contributed by atoms with Crippen LogP contribution in [0.2, 0.25) is 33.2 Å². The van der Waals surface area contributed by atoms with Crippen LogP contribution in [0.25, 0.3) is 0 Å². The highest BCUT2D eigenvalue weighted by Gasteiger charge is 2.42. The molecule has 0 N–H and O–H groups in total. The predicted molar refractivity (Wildman–Crippen MR) is 292 cm³/mol. The lowest BCUT2D eigenvalue weighted by Crippen LogP contribution is -2.43. The summed E-state index contributed by atoms with van der Waals surface area (Å²) in [4.78, 5) is 4.36. The average Bonchev–Trinajstić information content (AvgIpc) is 3.91. The Morgan fingerprint density at radius 2 is 0.594 bits per heavy atom. The first-order chi connectivity index (χ1) is 30.5.